The zero-order valence-electron chi connectivity index (χ0n) is 16.5. The summed E-state index contributed by atoms with van der Waals surface area (Å²) in [5, 5.41) is 18.7. The van der Waals surface area contributed by atoms with Crippen molar-refractivity contribution in [1.29, 1.82) is 0 Å². The van der Waals surface area contributed by atoms with Crippen molar-refractivity contribution in [1.82, 2.24) is 24.7 Å². The lowest BCUT2D eigenvalue weighted by Crippen LogP contribution is -2.31. The average molecular weight is 388 g/mol. The molecule has 148 valence electrons. The monoisotopic (exact) mass is 388 g/mol. The van der Waals surface area contributed by atoms with E-state index in [2.05, 4.69) is 44.7 Å². The average Bonchev–Trinajstić information content (AvgIpc) is 3.46. The van der Waals surface area contributed by atoms with Crippen LogP contribution in [0.25, 0.3) is 16.4 Å². The van der Waals surface area contributed by atoms with Crippen LogP contribution in [0.15, 0.2) is 54.9 Å². The van der Waals surface area contributed by atoms with E-state index in [9.17, 15) is 0 Å². The van der Waals surface area contributed by atoms with Gasteiger partial charge in [-0.1, -0.05) is 36.4 Å². The van der Waals surface area contributed by atoms with Gasteiger partial charge in [0.1, 0.15) is 12.1 Å². The molecular formula is C22H24N6O. The summed E-state index contributed by atoms with van der Waals surface area (Å²) in [6.07, 6.45) is 4.15. The highest BCUT2D eigenvalue weighted by atomic mass is 16.5. The van der Waals surface area contributed by atoms with Crippen LogP contribution in [0.1, 0.15) is 24.4 Å². The van der Waals surface area contributed by atoms with Gasteiger partial charge in [-0.2, -0.15) is 4.52 Å². The number of aromatic nitrogens is 4. The fourth-order valence-corrected chi connectivity index (χ4v) is 4.19. The van der Waals surface area contributed by atoms with Gasteiger partial charge in [-0.05, 0) is 43.6 Å². The Balaban J connectivity index is 1.47. The van der Waals surface area contributed by atoms with E-state index in [0.29, 0.717) is 0 Å². The second-order valence-corrected chi connectivity index (χ2v) is 7.41. The molecule has 1 aliphatic rings. The van der Waals surface area contributed by atoms with Crippen LogP contribution in [0, 0.1) is 0 Å². The molecule has 7 nitrogen and oxygen atoms in total. The summed E-state index contributed by atoms with van der Waals surface area (Å²) in [5.41, 5.74) is 2.06. The Morgan fingerprint density at radius 2 is 1.79 bits per heavy atom. The van der Waals surface area contributed by atoms with Gasteiger partial charge in [0.05, 0.1) is 13.2 Å². The molecule has 2 aromatic carbocycles. The summed E-state index contributed by atoms with van der Waals surface area (Å²) in [6.45, 7) is 3.02. The van der Waals surface area contributed by atoms with Crippen LogP contribution in [0.2, 0.25) is 0 Å². The molecule has 3 heterocycles. The number of nitrogens with zero attached hydrogens (tertiary/aromatic N) is 5. The van der Waals surface area contributed by atoms with Gasteiger partial charge < -0.3 is 10.1 Å². The van der Waals surface area contributed by atoms with Gasteiger partial charge in [0, 0.05) is 17.3 Å². The minimum Gasteiger partial charge on any atom is -0.497 e. The van der Waals surface area contributed by atoms with Crippen molar-refractivity contribution in [2.24, 2.45) is 0 Å². The van der Waals surface area contributed by atoms with E-state index in [1.54, 1.807) is 18.0 Å². The predicted molar refractivity (Wildman–Crippen MR) is 113 cm³/mol. The number of fused-ring (bicyclic) bond motifs is 3. The van der Waals surface area contributed by atoms with Crippen LogP contribution < -0.4 is 10.1 Å². The summed E-state index contributed by atoms with van der Waals surface area (Å²) in [6, 6.07) is 16.9. The molecule has 4 aromatic rings. The topological polar surface area (TPSA) is 67.6 Å². The smallest absolute Gasteiger partial charge is 0.185 e. The van der Waals surface area contributed by atoms with Crippen molar-refractivity contribution in [3.8, 4) is 5.75 Å². The zero-order valence-corrected chi connectivity index (χ0v) is 16.5. The van der Waals surface area contributed by atoms with Crippen molar-refractivity contribution in [2.45, 2.75) is 18.9 Å². The number of rotatable bonds is 6. The molecule has 0 bridgehead atoms. The molecule has 1 atom stereocenters. The largest absolute Gasteiger partial charge is 0.497 e. The van der Waals surface area contributed by atoms with Crippen LogP contribution in [-0.4, -0.2) is 51.5 Å². The maximum atomic E-state index is 5.33. The van der Waals surface area contributed by atoms with E-state index in [-0.39, 0.29) is 6.04 Å². The molecule has 1 aliphatic heterocycles. The first-order valence-corrected chi connectivity index (χ1v) is 10.0. The Bertz CT molecular complexity index is 1120. The van der Waals surface area contributed by atoms with E-state index in [4.69, 9.17) is 9.84 Å². The van der Waals surface area contributed by atoms with Gasteiger partial charge in [0.25, 0.3) is 0 Å². The van der Waals surface area contributed by atoms with E-state index in [0.717, 1.165) is 47.6 Å². The van der Waals surface area contributed by atoms with Gasteiger partial charge in [0.15, 0.2) is 11.5 Å². The van der Waals surface area contributed by atoms with Crippen LogP contribution in [0.4, 0.5) is 5.82 Å². The highest BCUT2D eigenvalue weighted by Gasteiger charge is 2.24. The number of benzene rings is 2. The molecule has 1 fully saturated rings. The number of likely N-dealkylation sites (tertiary alicyclic amines) is 1. The summed E-state index contributed by atoms with van der Waals surface area (Å²) in [7, 11) is 1.70. The molecular weight excluding hydrogens is 364 g/mol. The van der Waals surface area contributed by atoms with Gasteiger partial charge in [0.2, 0.25) is 0 Å². The molecule has 0 aliphatic carbocycles. The van der Waals surface area contributed by atoms with E-state index in [1.165, 1.54) is 18.4 Å². The number of hydrogen-bond donors (Lipinski definition) is 1. The lowest BCUT2D eigenvalue weighted by atomic mass is 10.0. The van der Waals surface area contributed by atoms with Gasteiger partial charge in [-0.25, -0.2) is 0 Å². The molecule has 0 spiro atoms. The standard InChI is InChI=1S/C22H24N6O/c1-29-17-10-8-16(9-11-17)20(27-12-4-5-13-27)14-23-21-18-6-2-3-7-19(18)22-25-24-15-28(22)26-21/h2-3,6-11,15,20H,4-5,12-14H2,1H3,(H,23,26)/t20-/m0/s1. The molecule has 1 N–H and O–H groups in total. The second-order valence-electron chi connectivity index (χ2n) is 7.41. The molecule has 7 heteroatoms. The first-order chi connectivity index (χ1) is 14.3. The minimum absolute atomic E-state index is 0.278. The molecule has 5 rings (SSSR count). The Morgan fingerprint density at radius 1 is 1.03 bits per heavy atom. The summed E-state index contributed by atoms with van der Waals surface area (Å²) in [4.78, 5) is 2.55. The quantitative estimate of drug-likeness (QED) is 0.545. The number of methoxy groups -OCH3 is 1. The first-order valence-electron chi connectivity index (χ1n) is 10.0. The Labute approximate surface area is 169 Å². The maximum absolute atomic E-state index is 5.33. The van der Waals surface area contributed by atoms with E-state index < -0.39 is 0 Å². The third kappa shape index (κ3) is 3.38. The van der Waals surface area contributed by atoms with Gasteiger partial charge in [-0.15, -0.1) is 15.3 Å². The molecule has 0 unspecified atom stereocenters. The number of ether oxygens (including phenoxy) is 1. The number of hydrogen-bond acceptors (Lipinski definition) is 6. The number of anilines is 1. The van der Waals surface area contributed by atoms with E-state index in [1.807, 2.05) is 24.3 Å². The third-order valence-electron chi connectivity index (χ3n) is 5.71. The fraction of sp³-hybridized carbons (Fsp3) is 0.318. The Hall–Kier alpha value is -3.19. The van der Waals surface area contributed by atoms with Crippen molar-refractivity contribution >= 4 is 22.2 Å². The second kappa shape index (κ2) is 7.67. The maximum Gasteiger partial charge on any atom is 0.185 e. The molecule has 2 aromatic heterocycles. The number of nitrogens with one attached hydrogen (secondary N) is 1. The van der Waals surface area contributed by atoms with Crippen LogP contribution >= 0.6 is 0 Å². The Morgan fingerprint density at radius 3 is 2.55 bits per heavy atom. The predicted octanol–water partition coefficient (Wildman–Crippen LogP) is 3.54. The van der Waals surface area contributed by atoms with Crippen LogP contribution in [0.5, 0.6) is 5.75 Å². The van der Waals surface area contributed by atoms with Crippen molar-refractivity contribution in [3.63, 3.8) is 0 Å². The highest BCUT2D eigenvalue weighted by Crippen LogP contribution is 2.29. The summed E-state index contributed by atoms with van der Waals surface area (Å²) < 4.78 is 7.07. The lowest BCUT2D eigenvalue weighted by molar-refractivity contribution is 0.255. The summed E-state index contributed by atoms with van der Waals surface area (Å²) >= 11 is 0. The molecule has 1 saturated heterocycles. The SMILES string of the molecule is COc1ccc([C@H](CNc2nn3cnnc3c3ccccc23)N2CCCC2)cc1. The Kier molecular flexibility index (Phi) is 4.73. The van der Waals surface area contributed by atoms with Gasteiger partial charge >= 0.3 is 0 Å². The van der Waals surface area contributed by atoms with Crippen LogP contribution in [0.3, 0.4) is 0 Å². The van der Waals surface area contributed by atoms with Gasteiger partial charge in [-0.3, -0.25) is 4.90 Å². The normalized spacial score (nSPS) is 15.8. The molecule has 29 heavy (non-hydrogen) atoms. The fourth-order valence-electron chi connectivity index (χ4n) is 4.19. The third-order valence-corrected chi connectivity index (χ3v) is 5.71. The molecule has 0 saturated carbocycles. The highest BCUT2D eigenvalue weighted by molar-refractivity contribution is 5.99. The minimum atomic E-state index is 0.278. The summed E-state index contributed by atoms with van der Waals surface area (Å²) in [5.74, 6) is 1.73. The first kappa shape index (κ1) is 17.9. The van der Waals surface area contributed by atoms with Crippen LogP contribution in [-0.2, 0) is 0 Å². The van der Waals surface area contributed by atoms with Crippen molar-refractivity contribution in [3.05, 3.63) is 60.4 Å². The van der Waals surface area contributed by atoms with Crippen molar-refractivity contribution in [2.75, 3.05) is 32.1 Å². The van der Waals surface area contributed by atoms with Crippen molar-refractivity contribution < 1.29 is 4.74 Å². The zero-order chi connectivity index (χ0) is 19.6. The molecule has 0 radical (unpaired) electrons. The molecule has 0 amide bonds. The van der Waals surface area contributed by atoms with E-state index >= 15 is 0 Å². The lowest BCUT2D eigenvalue weighted by Gasteiger charge is -2.28.